The quantitative estimate of drug-likeness (QED) is 0.665. The summed E-state index contributed by atoms with van der Waals surface area (Å²) in [5.41, 5.74) is 4.70. The summed E-state index contributed by atoms with van der Waals surface area (Å²) in [5.74, 6) is 0. The van der Waals surface area contributed by atoms with Crippen LogP contribution in [-0.4, -0.2) is 37.8 Å². The van der Waals surface area contributed by atoms with Gasteiger partial charge in [0.2, 0.25) is 0 Å². The number of anilines is 4. The van der Waals surface area contributed by atoms with Crippen molar-refractivity contribution in [2.75, 3.05) is 48.0 Å². The van der Waals surface area contributed by atoms with Gasteiger partial charge in [-0.2, -0.15) is 0 Å². The number of fused-ring (bicyclic) bond motifs is 2. The molecule has 1 aromatic heterocycles. The zero-order valence-corrected chi connectivity index (χ0v) is 14.5. The highest BCUT2D eigenvalue weighted by Gasteiger charge is 2.28. The fraction of sp³-hybridized carbons (Fsp3) is 0.250. The molecule has 0 amide bonds. The summed E-state index contributed by atoms with van der Waals surface area (Å²) in [7, 11) is 0. The molecule has 2 aromatic carbocycles. The van der Waals surface area contributed by atoms with Gasteiger partial charge in [0.15, 0.2) is 0 Å². The number of hydrogen-bond acceptors (Lipinski definition) is 5. The first kappa shape index (κ1) is 15.3. The molecule has 6 heteroatoms. The Kier molecular flexibility index (Phi) is 3.57. The standard InChI is InChI=1S/C20H21N5O/c26-20-19(25-13-22-16-7-3-4-8-17(16)25)18(24-11-9-21-10-12-24)14-5-1-2-6-15(14)23-20/h1-8,21-22H,9-13H2,(H,23,26). The second-order valence-electron chi connectivity index (χ2n) is 6.71. The van der Waals surface area contributed by atoms with Crippen molar-refractivity contribution in [1.82, 2.24) is 10.3 Å². The molecule has 3 aromatic rings. The molecule has 0 atom stereocenters. The number of piperazine rings is 1. The van der Waals surface area contributed by atoms with Crippen molar-refractivity contribution in [3.8, 4) is 0 Å². The molecule has 5 rings (SSSR count). The van der Waals surface area contributed by atoms with E-state index in [9.17, 15) is 4.79 Å². The van der Waals surface area contributed by atoms with E-state index in [0.717, 1.165) is 59.8 Å². The predicted octanol–water partition coefficient (Wildman–Crippen LogP) is 2.46. The van der Waals surface area contributed by atoms with Gasteiger partial charge in [-0.1, -0.05) is 30.3 Å². The molecular weight excluding hydrogens is 326 g/mol. The van der Waals surface area contributed by atoms with E-state index >= 15 is 0 Å². The van der Waals surface area contributed by atoms with Gasteiger partial charge in [0, 0.05) is 31.6 Å². The number of aromatic amines is 1. The molecule has 1 fully saturated rings. The van der Waals surface area contributed by atoms with Crippen LogP contribution in [0.3, 0.4) is 0 Å². The first-order valence-corrected chi connectivity index (χ1v) is 9.04. The zero-order valence-electron chi connectivity index (χ0n) is 14.5. The van der Waals surface area contributed by atoms with Gasteiger partial charge >= 0.3 is 0 Å². The monoisotopic (exact) mass is 347 g/mol. The van der Waals surface area contributed by atoms with Gasteiger partial charge < -0.3 is 25.4 Å². The molecule has 0 spiro atoms. The molecule has 3 N–H and O–H groups in total. The fourth-order valence-corrected chi connectivity index (χ4v) is 3.98. The minimum Gasteiger partial charge on any atom is -0.367 e. The Morgan fingerprint density at radius 3 is 2.54 bits per heavy atom. The molecule has 0 bridgehead atoms. The largest absolute Gasteiger partial charge is 0.367 e. The lowest BCUT2D eigenvalue weighted by Gasteiger charge is -2.33. The third-order valence-corrected chi connectivity index (χ3v) is 5.20. The van der Waals surface area contributed by atoms with Crippen molar-refractivity contribution in [2.24, 2.45) is 0 Å². The zero-order chi connectivity index (χ0) is 17.5. The maximum Gasteiger partial charge on any atom is 0.274 e. The summed E-state index contributed by atoms with van der Waals surface area (Å²) in [4.78, 5) is 20.6. The number of para-hydroxylation sites is 3. The Labute approximate surface area is 151 Å². The molecule has 26 heavy (non-hydrogen) atoms. The van der Waals surface area contributed by atoms with Crippen LogP contribution in [0.25, 0.3) is 10.9 Å². The summed E-state index contributed by atoms with van der Waals surface area (Å²) < 4.78 is 0. The van der Waals surface area contributed by atoms with E-state index in [-0.39, 0.29) is 5.56 Å². The van der Waals surface area contributed by atoms with Crippen molar-refractivity contribution in [3.05, 3.63) is 58.9 Å². The van der Waals surface area contributed by atoms with E-state index < -0.39 is 0 Å². The second-order valence-corrected chi connectivity index (χ2v) is 6.71. The van der Waals surface area contributed by atoms with Crippen molar-refractivity contribution in [1.29, 1.82) is 0 Å². The first-order valence-electron chi connectivity index (χ1n) is 9.04. The lowest BCUT2D eigenvalue weighted by molar-refractivity contribution is 0.590. The average Bonchev–Trinajstić information content (AvgIpc) is 3.11. The minimum atomic E-state index is -0.0456. The Balaban J connectivity index is 1.77. The number of pyridine rings is 1. The van der Waals surface area contributed by atoms with Gasteiger partial charge in [-0.3, -0.25) is 4.79 Å². The van der Waals surface area contributed by atoms with E-state index in [4.69, 9.17) is 0 Å². The van der Waals surface area contributed by atoms with Crippen LogP contribution in [0.4, 0.5) is 22.7 Å². The highest BCUT2D eigenvalue weighted by atomic mass is 16.1. The molecular formula is C20H21N5O. The number of H-pyrrole nitrogens is 1. The summed E-state index contributed by atoms with van der Waals surface area (Å²) in [6.45, 7) is 4.23. The Bertz CT molecular complexity index is 1020. The molecule has 2 aliphatic rings. The highest BCUT2D eigenvalue weighted by molar-refractivity contribution is 6.00. The topological polar surface area (TPSA) is 63.4 Å². The van der Waals surface area contributed by atoms with Crippen molar-refractivity contribution < 1.29 is 0 Å². The third-order valence-electron chi connectivity index (χ3n) is 5.20. The summed E-state index contributed by atoms with van der Waals surface area (Å²) in [6, 6.07) is 16.2. The number of rotatable bonds is 2. The van der Waals surface area contributed by atoms with Crippen LogP contribution >= 0.6 is 0 Å². The SMILES string of the molecule is O=c1[nH]c2ccccc2c(N2CCNCC2)c1N1CNc2ccccc21. The summed E-state index contributed by atoms with van der Waals surface area (Å²) in [5, 5.41) is 7.89. The third kappa shape index (κ3) is 2.34. The van der Waals surface area contributed by atoms with Gasteiger partial charge in [-0.25, -0.2) is 0 Å². The maximum atomic E-state index is 13.1. The number of aromatic nitrogens is 1. The van der Waals surface area contributed by atoms with Gasteiger partial charge in [0.05, 0.1) is 29.2 Å². The molecule has 0 aliphatic carbocycles. The minimum absolute atomic E-state index is 0.0456. The Morgan fingerprint density at radius 2 is 1.65 bits per heavy atom. The second kappa shape index (κ2) is 6.07. The van der Waals surface area contributed by atoms with Crippen molar-refractivity contribution in [2.45, 2.75) is 0 Å². The van der Waals surface area contributed by atoms with E-state index in [1.165, 1.54) is 0 Å². The van der Waals surface area contributed by atoms with Crippen LogP contribution in [0.5, 0.6) is 0 Å². The average molecular weight is 347 g/mol. The van der Waals surface area contributed by atoms with Gasteiger partial charge in [-0.15, -0.1) is 0 Å². The molecule has 3 heterocycles. The molecule has 6 nitrogen and oxygen atoms in total. The van der Waals surface area contributed by atoms with Crippen molar-refractivity contribution >= 4 is 33.7 Å². The van der Waals surface area contributed by atoms with E-state index in [0.29, 0.717) is 6.67 Å². The van der Waals surface area contributed by atoms with Crippen molar-refractivity contribution in [3.63, 3.8) is 0 Å². The molecule has 0 radical (unpaired) electrons. The van der Waals surface area contributed by atoms with E-state index in [2.05, 4.69) is 43.6 Å². The Hall–Kier alpha value is -2.99. The van der Waals surface area contributed by atoms with Crippen LogP contribution in [-0.2, 0) is 0 Å². The van der Waals surface area contributed by atoms with Crippen LogP contribution in [0.1, 0.15) is 0 Å². The Morgan fingerprint density at radius 1 is 0.885 bits per heavy atom. The number of nitrogens with zero attached hydrogens (tertiary/aromatic N) is 2. The molecule has 132 valence electrons. The number of hydrogen-bond donors (Lipinski definition) is 3. The number of benzene rings is 2. The smallest absolute Gasteiger partial charge is 0.274 e. The molecule has 0 unspecified atom stereocenters. The van der Waals surface area contributed by atoms with Crippen LogP contribution in [0.2, 0.25) is 0 Å². The van der Waals surface area contributed by atoms with Crippen LogP contribution < -0.4 is 26.0 Å². The highest BCUT2D eigenvalue weighted by Crippen LogP contribution is 2.41. The molecule has 1 saturated heterocycles. The van der Waals surface area contributed by atoms with Gasteiger partial charge in [-0.05, 0) is 18.2 Å². The lowest BCUT2D eigenvalue weighted by Crippen LogP contribution is -2.44. The lowest BCUT2D eigenvalue weighted by atomic mass is 10.1. The molecule has 2 aliphatic heterocycles. The van der Waals surface area contributed by atoms with Gasteiger partial charge in [0.25, 0.3) is 5.56 Å². The summed E-state index contributed by atoms with van der Waals surface area (Å²) in [6.07, 6.45) is 0. The first-order chi connectivity index (χ1) is 12.8. The predicted molar refractivity (Wildman–Crippen MR) is 107 cm³/mol. The molecule has 0 saturated carbocycles. The van der Waals surface area contributed by atoms with Crippen LogP contribution in [0, 0.1) is 0 Å². The van der Waals surface area contributed by atoms with E-state index in [1.54, 1.807) is 0 Å². The van der Waals surface area contributed by atoms with Gasteiger partial charge in [0.1, 0.15) is 5.69 Å². The normalized spacial score (nSPS) is 16.6. The maximum absolute atomic E-state index is 13.1. The number of nitrogens with one attached hydrogen (secondary N) is 3. The van der Waals surface area contributed by atoms with Crippen LogP contribution in [0.15, 0.2) is 53.3 Å². The fourth-order valence-electron chi connectivity index (χ4n) is 3.98. The summed E-state index contributed by atoms with van der Waals surface area (Å²) >= 11 is 0. The van der Waals surface area contributed by atoms with E-state index in [1.807, 2.05) is 30.3 Å².